The summed E-state index contributed by atoms with van der Waals surface area (Å²) in [5.41, 5.74) is 2.10. The molecule has 0 saturated heterocycles. The van der Waals surface area contributed by atoms with Gasteiger partial charge in [0.05, 0.1) is 11.4 Å². The number of anilines is 1. The van der Waals surface area contributed by atoms with Crippen LogP contribution in [0.2, 0.25) is 10.0 Å². The van der Waals surface area contributed by atoms with E-state index in [1.54, 1.807) is 49.4 Å². The first-order valence-electron chi connectivity index (χ1n) is 6.80. The summed E-state index contributed by atoms with van der Waals surface area (Å²) in [5.74, 6) is -0.335. The molecule has 1 heterocycles. The molecule has 7 heteroatoms. The lowest BCUT2D eigenvalue weighted by Gasteiger charge is -2.03. The first kappa shape index (κ1) is 15.5. The molecule has 116 valence electrons. The summed E-state index contributed by atoms with van der Waals surface area (Å²) >= 11 is 11.8. The number of nitrogens with one attached hydrogen (secondary N) is 1. The van der Waals surface area contributed by atoms with Gasteiger partial charge in [0.15, 0.2) is 5.69 Å². The van der Waals surface area contributed by atoms with Crippen molar-refractivity contribution in [3.8, 4) is 5.69 Å². The second kappa shape index (κ2) is 6.40. The monoisotopic (exact) mass is 346 g/mol. The molecule has 0 aliphatic heterocycles. The maximum absolute atomic E-state index is 12.3. The zero-order valence-corrected chi connectivity index (χ0v) is 13.6. The van der Waals surface area contributed by atoms with Gasteiger partial charge in [-0.15, -0.1) is 5.10 Å². The van der Waals surface area contributed by atoms with Gasteiger partial charge in [-0.25, -0.2) is 0 Å². The summed E-state index contributed by atoms with van der Waals surface area (Å²) in [6, 6.07) is 13.9. The highest BCUT2D eigenvalue weighted by Crippen LogP contribution is 2.17. The third kappa shape index (κ3) is 3.52. The largest absolute Gasteiger partial charge is 0.321 e. The van der Waals surface area contributed by atoms with Crippen molar-refractivity contribution >= 4 is 34.8 Å². The summed E-state index contributed by atoms with van der Waals surface area (Å²) in [4.78, 5) is 13.7. The van der Waals surface area contributed by atoms with Crippen LogP contribution < -0.4 is 5.32 Å². The van der Waals surface area contributed by atoms with Crippen LogP contribution in [0.4, 0.5) is 5.69 Å². The van der Waals surface area contributed by atoms with E-state index in [9.17, 15) is 4.79 Å². The standard InChI is InChI=1S/C16H12Cl2N4O/c1-10-15(16(23)19-13-7-5-11(17)6-8-13)21-22(20-10)14-4-2-3-12(18)9-14/h2-9H,1H3,(H,19,23). The number of aryl methyl sites for hydroxylation is 1. The molecule has 5 nitrogen and oxygen atoms in total. The maximum Gasteiger partial charge on any atom is 0.278 e. The van der Waals surface area contributed by atoms with Crippen molar-refractivity contribution < 1.29 is 4.79 Å². The highest BCUT2D eigenvalue weighted by Gasteiger charge is 2.16. The molecule has 0 atom stereocenters. The molecule has 0 bridgehead atoms. The molecule has 0 saturated carbocycles. The van der Waals surface area contributed by atoms with Gasteiger partial charge >= 0.3 is 0 Å². The molecule has 0 aliphatic carbocycles. The first-order valence-corrected chi connectivity index (χ1v) is 7.55. The number of hydrogen-bond acceptors (Lipinski definition) is 3. The summed E-state index contributed by atoms with van der Waals surface area (Å²) in [7, 11) is 0. The van der Waals surface area contributed by atoms with Crippen molar-refractivity contribution in [2.24, 2.45) is 0 Å². The minimum Gasteiger partial charge on any atom is -0.321 e. The number of benzene rings is 2. The molecule has 3 aromatic rings. The molecule has 1 N–H and O–H groups in total. The summed E-state index contributed by atoms with van der Waals surface area (Å²) in [6.07, 6.45) is 0. The smallest absolute Gasteiger partial charge is 0.278 e. The van der Waals surface area contributed by atoms with E-state index in [1.165, 1.54) is 4.80 Å². The third-order valence-electron chi connectivity index (χ3n) is 3.14. The van der Waals surface area contributed by atoms with Crippen LogP contribution >= 0.6 is 23.2 Å². The fourth-order valence-corrected chi connectivity index (χ4v) is 2.34. The second-order valence-corrected chi connectivity index (χ2v) is 5.74. The van der Waals surface area contributed by atoms with E-state index in [0.717, 1.165) is 0 Å². The molecule has 2 aromatic carbocycles. The summed E-state index contributed by atoms with van der Waals surface area (Å²) < 4.78 is 0. The average Bonchev–Trinajstić information content (AvgIpc) is 2.92. The van der Waals surface area contributed by atoms with Gasteiger partial charge in [0.25, 0.3) is 5.91 Å². The molecule has 0 radical (unpaired) electrons. The van der Waals surface area contributed by atoms with Crippen LogP contribution in [0, 0.1) is 6.92 Å². The molecule has 0 unspecified atom stereocenters. The lowest BCUT2D eigenvalue weighted by molar-refractivity contribution is 0.102. The first-order chi connectivity index (χ1) is 11.0. The molecular formula is C16H12Cl2N4O. The number of halogens is 2. The number of aromatic nitrogens is 3. The molecule has 23 heavy (non-hydrogen) atoms. The van der Waals surface area contributed by atoms with Crippen molar-refractivity contribution in [3.63, 3.8) is 0 Å². The minimum absolute atomic E-state index is 0.250. The predicted molar refractivity (Wildman–Crippen MR) is 90.5 cm³/mol. The lowest BCUT2D eigenvalue weighted by atomic mass is 10.3. The number of carbonyl (C=O) groups excluding carboxylic acids is 1. The Labute approximate surface area is 142 Å². The summed E-state index contributed by atoms with van der Waals surface area (Å²) in [6.45, 7) is 1.73. The fourth-order valence-electron chi connectivity index (χ4n) is 2.03. The average molecular weight is 347 g/mol. The van der Waals surface area contributed by atoms with E-state index in [1.807, 2.05) is 6.07 Å². The molecule has 0 spiro atoms. The number of nitrogens with zero attached hydrogens (tertiary/aromatic N) is 3. The van der Waals surface area contributed by atoms with Crippen molar-refractivity contribution in [3.05, 3.63) is 70.0 Å². The van der Waals surface area contributed by atoms with E-state index in [-0.39, 0.29) is 11.6 Å². The minimum atomic E-state index is -0.335. The normalized spacial score (nSPS) is 10.6. The van der Waals surface area contributed by atoms with Gasteiger partial charge in [0, 0.05) is 15.7 Å². The SMILES string of the molecule is Cc1nn(-c2cccc(Cl)c2)nc1C(=O)Nc1ccc(Cl)cc1. The van der Waals surface area contributed by atoms with E-state index >= 15 is 0 Å². The molecule has 3 rings (SSSR count). The van der Waals surface area contributed by atoms with E-state index in [2.05, 4.69) is 15.5 Å². The van der Waals surface area contributed by atoms with Crippen molar-refractivity contribution in [1.29, 1.82) is 0 Å². The zero-order chi connectivity index (χ0) is 16.4. The number of amides is 1. The topological polar surface area (TPSA) is 59.8 Å². The van der Waals surface area contributed by atoms with E-state index in [0.29, 0.717) is 27.1 Å². The van der Waals surface area contributed by atoms with Crippen LogP contribution in [0.1, 0.15) is 16.2 Å². The van der Waals surface area contributed by atoms with Crippen LogP contribution in [0.15, 0.2) is 48.5 Å². The van der Waals surface area contributed by atoms with Gasteiger partial charge in [-0.05, 0) is 49.4 Å². The summed E-state index contributed by atoms with van der Waals surface area (Å²) in [5, 5.41) is 12.4. The molecule has 1 aromatic heterocycles. The van der Waals surface area contributed by atoms with Crippen LogP contribution in [0.3, 0.4) is 0 Å². The van der Waals surface area contributed by atoms with Gasteiger partial charge in [-0.2, -0.15) is 9.90 Å². The Morgan fingerprint density at radius 3 is 2.48 bits per heavy atom. The van der Waals surface area contributed by atoms with E-state index < -0.39 is 0 Å². The fraction of sp³-hybridized carbons (Fsp3) is 0.0625. The molecular weight excluding hydrogens is 335 g/mol. The number of carbonyl (C=O) groups is 1. The third-order valence-corrected chi connectivity index (χ3v) is 3.63. The van der Waals surface area contributed by atoms with Crippen LogP contribution in [-0.4, -0.2) is 20.9 Å². The Kier molecular flexibility index (Phi) is 4.32. The van der Waals surface area contributed by atoms with Gasteiger partial charge in [-0.3, -0.25) is 4.79 Å². The molecule has 1 amide bonds. The maximum atomic E-state index is 12.3. The lowest BCUT2D eigenvalue weighted by Crippen LogP contribution is -2.14. The van der Waals surface area contributed by atoms with Crippen molar-refractivity contribution in [1.82, 2.24) is 15.0 Å². The molecule has 0 fully saturated rings. The van der Waals surface area contributed by atoms with Gasteiger partial charge in [0.2, 0.25) is 0 Å². The Hall–Kier alpha value is -2.37. The zero-order valence-electron chi connectivity index (χ0n) is 12.1. The van der Waals surface area contributed by atoms with E-state index in [4.69, 9.17) is 23.2 Å². The highest BCUT2D eigenvalue weighted by molar-refractivity contribution is 6.31. The Morgan fingerprint density at radius 1 is 1.04 bits per heavy atom. The van der Waals surface area contributed by atoms with Crippen LogP contribution in [0.5, 0.6) is 0 Å². The van der Waals surface area contributed by atoms with Crippen molar-refractivity contribution in [2.75, 3.05) is 5.32 Å². The van der Waals surface area contributed by atoms with Crippen LogP contribution in [0.25, 0.3) is 5.69 Å². The van der Waals surface area contributed by atoms with Gasteiger partial charge in [0.1, 0.15) is 0 Å². The Bertz CT molecular complexity index is 859. The number of hydrogen-bond donors (Lipinski definition) is 1. The second-order valence-electron chi connectivity index (χ2n) is 4.86. The predicted octanol–water partition coefficient (Wildman–Crippen LogP) is 4.13. The Balaban J connectivity index is 1.85. The van der Waals surface area contributed by atoms with Crippen molar-refractivity contribution in [2.45, 2.75) is 6.92 Å². The van der Waals surface area contributed by atoms with Gasteiger partial charge in [-0.1, -0.05) is 29.3 Å². The quantitative estimate of drug-likeness (QED) is 0.775. The number of rotatable bonds is 3. The van der Waals surface area contributed by atoms with Crippen LogP contribution in [-0.2, 0) is 0 Å². The molecule has 0 aliphatic rings. The Morgan fingerprint density at radius 2 is 1.78 bits per heavy atom. The highest BCUT2D eigenvalue weighted by atomic mass is 35.5. The van der Waals surface area contributed by atoms with Gasteiger partial charge < -0.3 is 5.32 Å².